The monoisotopic (exact) mass is 327 g/mol. The lowest BCUT2D eigenvalue weighted by molar-refractivity contribution is 0.00600. The van der Waals surface area contributed by atoms with E-state index in [0.717, 1.165) is 5.56 Å². The van der Waals surface area contributed by atoms with Crippen molar-refractivity contribution < 1.29 is 23.1 Å². The second kappa shape index (κ2) is 5.10. The van der Waals surface area contributed by atoms with E-state index in [1.807, 2.05) is 0 Å². The Labute approximate surface area is 128 Å². The maximum Gasteiger partial charge on any atom is 0.407 e. The molecule has 1 fully saturated rings. The highest BCUT2D eigenvalue weighted by Crippen LogP contribution is 2.34. The van der Waals surface area contributed by atoms with E-state index in [-0.39, 0.29) is 17.3 Å². The van der Waals surface area contributed by atoms with Crippen LogP contribution in [0.5, 0.6) is 5.88 Å². The third-order valence-corrected chi connectivity index (χ3v) is 5.48. The number of nitrogens with zero attached hydrogens (tertiary/aromatic N) is 2. The van der Waals surface area contributed by atoms with Crippen molar-refractivity contribution in [1.29, 1.82) is 0 Å². The molecule has 22 heavy (non-hydrogen) atoms. The molecule has 1 amide bonds. The zero-order chi connectivity index (χ0) is 16.0. The van der Waals surface area contributed by atoms with Crippen molar-refractivity contribution in [2.45, 2.75) is 30.3 Å². The third-order valence-electron chi connectivity index (χ3n) is 4.09. The summed E-state index contributed by atoms with van der Waals surface area (Å²) in [6.45, 7) is 2.48. The highest BCUT2D eigenvalue weighted by molar-refractivity contribution is 7.89. The van der Waals surface area contributed by atoms with Crippen LogP contribution in [0.2, 0.25) is 0 Å². The minimum atomic E-state index is -3.67. The number of carbonyl (C=O) groups is 1. The molecule has 1 spiro atoms. The summed E-state index contributed by atoms with van der Waals surface area (Å²) in [7, 11) is -3.67. The van der Waals surface area contributed by atoms with Gasteiger partial charge in [-0.1, -0.05) is 0 Å². The van der Waals surface area contributed by atoms with Gasteiger partial charge in [0.25, 0.3) is 0 Å². The van der Waals surface area contributed by atoms with Gasteiger partial charge in [0.15, 0.2) is 0 Å². The van der Waals surface area contributed by atoms with Crippen LogP contribution in [0.1, 0.15) is 18.4 Å². The summed E-state index contributed by atoms with van der Waals surface area (Å²) in [5.41, 5.74) is -0.0311. The van der Waals surface area contributed by atoms with Crippen molar-refractivity contribution in [3.8, 4) is 5.88 Å². The quantitative estimate of drug-likeness (QED) is 0.721. The van der Waals surface area contributed by atoms with E-state index in [4.69, 9.17) is 9.84 Å². The standard InChI is InChI=1S/C13H17N3O5S/c1-9-6-10-11(14-7-9)21-13(8-15-22(10,19)20)2-4-16(5-3-13)12(17)18/h6-7,15H,2-5,8H2,1H3,(H,17,18). The van der Waals surface area contributed by atoms with E-state index in [9.17, 15) is 13.2 Å². The number of ether oxygens (including phenoxy) is 1. The van der Waals surface area contributed by atoms with Gasteiger partial charge in [-0.2, -0.15) is 0 Å². The van der Waals surface area contributed by atoms with Gasteiger partial charge in [-0.05, 0) is 18.6 Å². The molecule has 0 radical (unpaired) electrons. The lowest BCUT2D eigenvalue weighted by Gasteiger charge is -2.39. The number of pyridine rings is 1. The maximum atomic E-state index is 12.3. The van der Waals surface area contributed by atoms with Gasteiger partial charge in [0.1, 0.15) is 10.5 Å². The Bertz CT molecular complexity index is 710. The molecule has 3 heterocycles. The van der Waals surface area contributed by atoms with Gasteiger partial charge in [-0.25, -0.2) is 22.9 Å². The summed E-state index contributed by atoms with van der Waals surface area (Å²) in [5.74, 6) is 0.0828. The molecule has 0 bridgehead atoms. The van der Waals surface area contributed by atoms with Gasteiger partial charge in [0, 0.05) is 32.1 Å². The average molecular weight is 327 g/mol. The van der Waals surface area contributed by atoms with E-state index in [2.05, 4.69) is 9.71 Å². The number of likely N-dealkylation sites (tertiary alicyclic amines) is 1. The van der Waals surface area contributed by atoms with Crippen molar-refractivity contribution >= 4 is 16.1 Å². The first-order valence-corrected chi connectivity index (χ1v) is 8.43. The molecule has 8 nitrogen and oxygen atoms in total. The Morgan fingerprint density at radius 2 is 2.14 bits per heavy atom. The van der Waals surface area contributed by atoms with E-state index in [1.54, 1.807) is 13.1 Å². The molecule has 1 aromatic rings. The topological polar surface area (TPSA) is 109 Å². The number of aryl methyl sites for hydroxylation is 1. The van der Waals surface area contributed by atoms with Gasteiger partial charge in [-0.15, -0.1) is 0 Å². The SMILES string of the molecule is Cc1cnc2c(c1)S(=O)(=O)NCC1(CCN(C(=O)O)CC1)O2. The molecule has 0 aromatic carbocycles. The first-order valence-electron chi connectivity index (χ1n) is 6.95. The molecular weight excluding hydrogens is 310 g/mol. The van der Waals surface area contributed by atoms with E-state index >= 15 is 0 Å². The minimum Gasteiger partial charge on any atom is -0.469 e. The van der Waals surface area contributed by atoms with Crippen LogP contribution in [0.4, 0.5) is 4.79 Å². The Balaban J connectivity index is 1.92. The van der Waals surface area contributed by atoms with Crippen LogP contribution in [0.15, 0.2) is 17.2 Å². The molecule has 0 unspecified atom stereocenters. The molecule has 9 heteroatoms. The number of hydrogen-bond acceptors (Lipinski definition) is 5. The summed E-state index contributed by atoms with van der Waals surface area (Å²) in [4.78, 5) is 16.4. The number of piperidine rings is 1. The summed E-state index contributed by atoms with van der Waals surface area (Å²) < 4.78 is 33.1. The smallest absolute Gasteiger partial charge is 0.407 e. The number of carboxylic acid groups (broad SMARTS) is 1. The van der Waals surface area contributed by atoms with Crippen LogP contribution in [-0.4, -0.2) is 54.7 Å². The van der Waals surface area contributed by atoms with E-state index in [1.165, 1.54) is 11.0 Å². The lowest BCUT2D eigenvalue weighted by atomic mass is 9.91. The largest absolute Gasteiger partial charge is 0.469 e. The molecule has 2 aliphatic rings. The van der Waals surface area contributed by atoms with Gasteiger partial charge >= 0.3 is 6.09 Å². The number of amides is 1. The fraction of sp³-hybridized carbons (Fsp3) is 0.538. The summed E-state index contributed by atoms with van der Waals surface area (Å²) in [5, 5.41) is 9.01. The molecule has 1 saturated heterocycles. The van der Waals surface area contributed by atoms with Crippen LogP contribution in [0.25, 0.3) is 0 Å². The van der Waals surface area contributed by atoms with Gasteiger partial charge in [0.2, 0.25) is 15.9 Å². The van der Waals surface area contributed by atoms with Crippen LogP contribution in [0, 0.1) is 6.92 Å². The van der Waals surface area contributed by atoms with E-state index < -0.39 is 21.7 Å². The predicted molar refractivity (Wildman–Crippen MR) is 76.4 cm³/mol. The van der Waals surface area contributed by atoms with Crippen LogP contribution < -0.4 is 9.46 Å². The minimum absolute atomic E-state index is 0.0324. The highest BCUT2D eigenvalue weighted by atomic mass is 32.2. The normalized spacial score (nSPS) is 22.5. The number of rotatable bonds is 0. The number of fused-ring (bicyclic) bond motifs is 1. The second-order valence-electron chi connectivity index (χ2n) is 5.70. The van der Waals surface area contributed by atoms with Gasteiger partial charge < -0.3 is 14.7 Å². The van der Waals surface area contributed by atoms with Crippen LogP contribution in [-0.2, 0) is 10.0 Å². The molecule has 120 valence electrons. The molecule has 2 N–H and O–H groups in total. The molecule has 0 atom stereocenters. The van der Waals surface area contributed by atoms with Crippen molar-refractivity contribution in [3.63, 3.8) is 0 Å². The molecule has 0 aliphatic carbocycles. The summed E-state index contributed by atoms with van der Waals surface area (Å²) >= 11 is 0. The van der Waals surface area contributed by atoms with Crippen molar-refractivity contribution in [3.05, 3.63) is 17.8 Å². The van der Waals surface area contributed by atoms with Crippen LogP contribution in [0.3, 0.4) is 0 Å². The second-order valence-corrected chi connectivity index (χ2v) is 7.43. The highest BCUT2D eigenvalue weighted by Gasteiger charge is 2.43. The molecule has 0 saturated carbocycles. The third kappa shape index (κ3) is 2.61. The zero-order valence-electron chi connectivity index (χ0n) is 12.1. The number of aromatic nitrogens is 1. The number of hydrogen-bond donors (Lipinski definition) is 2. The van der Waals surface area contributed by atoms with Crippen LogP contribution >= 0.6 is 0 Å². The maximum absolute atomic E-state index is 12.3. The first kappa shape index (κ1) is 15.0. The molecule has 2 aliphatic heterocycles. The zero-order valence-corrected chi connectivity index (χ0v) is 12.9. The van der Waals surface area contributed by atoms with Crippen molar-refractivity contribution in [1.82, 2.24) is 14.6 Å². The van der Waals surface area contributed by atoms with E-state index in [0.29, 0.717) is 25.9 Å². The number of sulfonamides is 1. The Morgan fingerprint density at radius 3 is 2.77 bits per heavy atom. The first-order chi connectivity index (χ1) is 10.3. The Hall–Kier alpha value is -1.87. The lowest BCUT2D eigenvalue weighted by Crippen LogP contribution is -2.54. The Kier molecular flexibility index (Phi) is 3.48. The Morgan fingerprint density at radius 1 is 1.45 bits per heavy atom. The molecular formula is C13H17N3O5S. The fourth-order valence-corrected chi connectivity index (χ4v) is 4.00. The average Bonchev–Trinajstić information content (AvgIpc) is 2.57. The van der Waals surface area contributed by atoms with Crippen molar-refractivity contribution in [2.24, 2.45) is 0 Å². The van der Waals surface area contributed by atoms with Gasteiger partial charge in [-0.3, -0.25) is 0 Å². The van der Waals surface area contributed by atoms with Crippen molar-refractivity contribution in [2.75, 3.05) is 19.6 Å². The fourth-order valence-electron chi connectivity index (χ4n) is 2.73. The number of nitrogens with one attached hydrogen (secondary N) is 1. The summed E-state index contributed by atoms with van der Waals surface area (Å²) in [6.07, 6.45) is 1.41. The molecule has 1 aromatic heterocycles. The predicted octanol–water partition coefficient (Wildman–Crippen LogP) is 0.573. The molecule has 3 rings (SSSR count). The van der Waals surface area contributed by atoms with Gasteiger partial charge in [0.05, 0.1) is 6.54 Å². The summed E-state index contributed by atoms with van der Waals surface area (Å²) in [6, 6.07) is 1.52.